The van der Waals surface area contributed by atoms with Gasteiger partial charge in [0.05, 0.1) is 17.3 Å². The molecule has 92 valence electrons. The molecule has 1 aliphatic rings. The van der Waals surface area contributed by atoms with Gasteiger partial charge in [-0.1, -0.05) is 42.5 Å². The maximum atomic E-state index is 8.83. The zero-order valence-corrected chi connectivity index (χ0v) is 10.4. The molecule has 0 aromatic heterocycles. The van der Waals surface area contributed by atoms with E-state index < -0.39 is 0 Å². The lowest BCUT2D eigenvalue weighted by atomic mass is 9.90. The molecule has 0 amide bonds. The molecule has 0 spiro atoms. The fraction of sp³-hybridized carbons (Fsp3) is 0.125. The zero-order chi connectivity index (χ0) is 13.1. The van der Waals surface area contributed by atoms with Crippen molar-refractivity contribution in [3.63, 3.8) is 0 Å². The number of hydrazone groups is 1. The molecular weight excluding hydrogens is 234 g/mol. The van der Waals surface area contributed by atoms with E-state index in [0.29, 0.717) is 5.56 Å². The van der Waals surface area contributed by atoms with Crippen molar-refractivity contribution in [2.45, 2.75) is 5.92 Å². The molecule has 0 fully saturated rings. The van der Waals surface area contributed by atoms with Crippen molar-refractivity contribution < 1.29 is 0 Å². The van der Waals surface area contributed by atoms with Crippen LogP contribution in [-0.2, 0) is 0 Å². The lowest BCUT2D eigenvalue weighted by molar-refractivity contribution is 0.763. The third kappa shape index (κ3) is 2.21. The van der Waals surface area contributed by atoms with Gasteiger partial charge in [-0.15, -0.1) is 0 Å². The van der Waals surface area contributed by atoms with Crippen molar-refractivity contribution in [1.82, 2.24) is 5.43 Å². The van der Waals surface area contributed by atoms with Crippen molar-refractivity contribution in [3.8, 4) is 6.07 Å². The standard InChI is InChI=1S/C16H13N3/c17-10-12-6-8-14(9-7-12)16-15(11-18-19-16)13-4-2-1-3-5-13/h1-9,15,18H,11H2. The maximum absolute atomic E-state index is 8.83. The number of nitrogens with one attached hydrogen (secondary N) is 1. The van der Waals surface area contributed by atoms with E-state index >= 15 is 0 Å². The van der Waals surface area contributed by atoms with Crippen molar-refractivity contribution in [1.29, 1.82) is 5.26 Å². The average Bonchev–Trinajstić information content (AvgIpc) is 2.98. The minimum atomic E-state index is 0.272. The summed E-state index contributed by atoms with van der Waals surface area (Å²) in [5, 5.41) is 13.2. The molecule has 3 heteroatoms. The summed E-state index contributed by atoms with van der Waals surface area (Å²) in [6.07, 6.45) is 0. The number of hydrogen-bond acceptors (Lipinski definition) is 3. The number of benzene rings is 2. The van der Waals surface area contributed by atoms with Crippen molar-refractivity contribution >= 4 is 5.71 Å². The van der Waals surface area contributed by atoms with Crippen LogP contribution < -0.4 is 5.43 Å². The predicted molar refractivity (Wildman–Crippen MR) is 74.9 cm³/mol. The van der Waals surface area contributed by atoms with Gasteiger partial charge in [0.15, 0.2) is 0 Å². The Morgan fingerprint density at radius 3 is 2.47 bits per heavy atom. The summed E-state index contributed by atoms with van der Waals surface area (Å²) >= 11 is 0. The molecule has 1 unspecified atom stereocenters. The summed E-state index contributed by atoms with van der Waals surface area (Å²) in [5.74, 6) is 0.272. The first-order chi connectivity index (χ1) is 9.38. The van der Waals surface area contributed by atoms with E-state index in [0.717, 1.165) is 17.8 Å². The summed E-state index contributed by atoms with van der Waals surface area (Å²) in [6.45, 7) is 0.819. The Balaban J connectivity index is 1.93. The van der Waals surface area contributed by atoms with Gasteiger partial charge in [0, 0.05) is 12.5 Å². The second-order valence-corrected chi connectivity index (χ2v) is 4.51. The van der Waals surface area contributed by atoms with Gasteiger partial charge in [-0.05, 0) is 23.3 Å². The van der Waals surface area contributed by atoms with Gasteiger partial charge in [0.1, 0.15) is 0 Å². The SMILES string of the molecule is N#Cc1ccc(C2=NNCC2c2ccccc2)cc1. The second-order valence-electron chi connectivity index (χ2n) is 4.51. The fourth-order valence-electron chi connectivity index (χ4n) is 2.34. The van der Waals surface area contributed by atoms with Crippen LogP contribution in [0.4, 0.5) is 0 Å². The lowest BCUT2D eigenvalue weighted by Crippen LogP contribution is -2.14. The maximum Gasteiger partial charge on any atom is 0.0991 e. The van der Waals surface area contributed by atoms with E-state index in [-0.39, 0.29) is 5.92 Å². The summed E-state index contributed by atoms with van der Waals surface area (Å²) in [7, 11) is 0. The molecule has 2 aromatic rings. The second kappa shape index (κ2) is 4.95. The molecule has 1 heterocycles. The van der Waals surface area contributed by atoms with E-state index in [1.165, 1.54) is 5.56 Å². The molecule has 0 saturated heterocycles. The first kappa shape index (κ1) is 11.5. The molecule has 0 saturated carbocycles. The van der Waals surface area contributed by atoms with Crippen LogP contribution in [0.15, 0.2) is 59.7 Å². The summed E-state index contributed by atoms with van der Waals surface area (Å²) in [6, 6.07) is 20.1. The van der Waals surface area contributed by atoms with Crippen LogP contribution in [0.25, 0.3) is 0 Å². The minimum absolute atomic E-state index is 0.272. The van der Waals surface area contributed by atoms with Gasteiger partial charge in [-0.2, -0.15) is 10.4 Å². The van der Waals surface area contributed by atoms with Crippen LogP contribution >= 0.6 is 0 Å². The van der Waals surface area contributed by atoms with E-state index in [2.05, 4.69) is 28.7 Å². The van der Waals surface area contributed by atoms with Crippen LogP contribution in [-0.4, -0.2) is 12.3 Å². The Hall–Kier alpha value is -2.60. The van der Waals surface area contributed by atoms with Gasteiger partial charge in [-0.3, -0.25) is 0 Å². The van der Waals surface area contributed by atoms with Gasteiger partial charge in [0.2, 0.25) is 0 Å². The van der Waals surface area contributed by atoms with Crippen LogP contribution in [0.3, 0.4) is 0 Å². The Kier molecular flexibility index (Phi) is 2.99. The molecule has 3 rings (SSSR count). The number of rotatable bonds is 2. The molecule has 19 heavy (non-hydrogen) atoms. The fourth-order valence-corrected chi connectivity index (χ4v) is 2.34. The molecule has 1 atom stereocenters. The number of nitriles is 1. The van der Waals surface area contributed by atoms with Gasteiger partial charge in [0.25, 0.3) is 0 Å². The summed E-state index contributed by atoms with van der Waals surface area (Å²) in [4.78, 5) is 0. The first-order valence-electron chi connectivity index (χ1n) is 6.24. The molecular formula is C16H13N3. The first-order valence-corrected chi connectivity index (χ1v) is 6.24. The lowest BCUT2D eigenvalue weighted by Gasteiger charge is -2.12. The Morgan fingerprint density at radius 2 is 1.79 bits per heavy atom. The van der Waals surface area contributed by atoms with Gasteiger partial charge >= 0.3 is 0 Å². The van der Waals surface area contributed by atoms with Gasteiger partial charge in [-0.25, -0.2) is 0 Å². The van der Waals surface area contributed by atoms with E-state index in [1.54, 1.807) is 0 Å². The van der Waals surface area contributed by atoms with Crippen LogP contribution in [0.5, 0.6) is 0 Å². The Morgan fingerprint density at radius 1 is 1.05 bits per heavy atom. The highest BCUT2D eigenvalue weighted by Gasteiger charge is 2.24. The number of hydrogen-bond donors (Lipinski definition) is 1. The Bertz CT molecular complexity index is 636. The van der Waals surface area contributed by atoms with E-state index in [9.17, 15) is 0 Å². The molecule has 1 aliphatic heterocycles. The molecule has 3 nitrogen and oxygen atoms in total. The van der Waals surface area contributed by atoms with E-state index in [1.807, 2.05) is 42.5 Å². The molecule has 0 aliphatic carbocycles. The molecule has 0 bridgehead atoms. The van der Waals surface area contributed by atoms with Gasteiger partial charge < -0.3 is 5.43 Å². The number of nitrogens with zero attached hydrogens (tertiary/aromatic N) is 2. The Labute approximate surface area is 112 Å². The molecule has 2 aromatic carbocycles. The summed E-state index contributed by atoms with van der Waals surface area (Å²) < 4.78 is 0. The largest absolute Gasteiger partial charge is 0.309 e. The van der Waals surface area contributed by atoms with Crippen LogP contribution in [0.2, 0.25) is 0 Å². The zero-order valence-electron chi connectivity index (χ0n) is 10.4. The average molecular weight is 247 g/mol. The predicted octanol–water partition coefficient (Wildman–Crippen LogP) is 2.65. The smallest absolute Gasteiger partial charge is 0.0991 e. The van der Waals surface area contributed by atoms with Crippen molar-refractivity contribution in [2.75, 3.05) is 6.54 Å². The summed E-state index contributed by atoms with van der Waals surface area (Å²) in [5.41, 5.74) is 7.11. The quantitative estimate of drug-likeness (QED) is 0.886. The monoisotopic (exact) mass is 247 g/mol. The highest BCUT2D eigenvalue weighted by atomic mass is 15.3. The van der Waals surface area contributed by atoms with E-state index in [4.69, 9.17) is 5.26 Å². The molecule has 0 radical (unpaired) electrons. The van der Waals surface area contributed by atoms with Crippen LogP contribution in [0.1, 0.15) is 22.6 Å². The highest BCUT2D eigenvalue weighted by Crippen LogP contribution is 2.24. The highest BCUT2D eigenvalue weighted by molar-refractivity contribution is 6.06. The normalized spacial score (nSPS) is 17.4. The minimum Gasteiger partial charge on any atom is -0.309 e. The molecule has 1 N–H and O–H groups in total. The van der Waals surface area contributed by atoms with Crippen molar-refractivity contribution in [3.05, 3.63) is 71.3 Å². The van der Waals surface area contributed by atoms with Crippen molar-refractivity contribution in [2.24, 2.45) is 5.10 Å². The third-order valence-corrected chi connectivity index (χ3v) is 3.34. The third-order valence-electron chi connectivity index (χ3n) is 3.34. The topological polar surface area (TPSA) is 48.2 Å². The van der Waals surface area contributed by atoms with Crippen LogP contribution in [0, 0.1) is 11.3 Å².